The van der Waals surface area contributed by atoms with Crippen LogP contribution in [0.25, 0.3) is 0 Å². The zero-order valence-corrected chi connectivity index (χ0v) is 12.1. The number of aliphatic hydroxyl groups excluding tert-OH is 1. The predicted octanol–water partition coefficient (Wildman–Crippen LogP) is 1.86. The van der Waals surface area contributed by atoms with Gasteiger partial charge in [0, 0.05) is 31.8 Å². The summed E-state index contributed by atoms with van der Waals surface area (Å²) in [6.07, 6.45) is 6.37. The SMILES string of the molecule is CCNC1CC(CCO)CN(C(CC)C2CC2)C1. The Labute approximate surface area is 112 Å². The van der Waals surface area contributed by atoms with Crippen LogP contribution >= 0.6 is 0 Å². The number of hydrogen-bond acceptors (Lipinski definition) is 3. The van der Waals surface area contributed by atoms with Crippen molar-refractivity contribution in [1.82, 2.24) is 10.2 Å². The van der Waals surface area contributed by atoms with Crippen LogP contribution < -0.4 is 5.32 Å². The van der Waals surface area contributed by atoms with Gasteiger partial charge in [0.25, 0.3) is 0 Å². The normalized spacial score (nSPS) is 31.5. The molecule has 0 aromatic heterocycles. The van der Waals surface area contributed by atoms with E-state index in [9.17, 15) is 5.11 Å². The van der Waals surface area contributed by atoms with E-state index in [0.29, 0.717) is 18.6 Å². The lowest BCUT2D eigenvalue weighted by Crippen LogP contribution is -2.53. The van der Waals surface area contributed by atoms with Gasteiger partial charge in [-0.1, -0.05) is 13.8 Å². The number of likely N-dealkylation sites (N-methyl/N-ethyl adjacent to an activating group) is 1. The summed E-state index contributed by atoms with van der Waals surface area (Å²) in [4.78, 5) is 2.72. The van der Waals surface area contributed by atoms with Crippen molar-refractivity contribution in [1.29, 1.82) is 0 Å². The van der Waals surface area contributed by atoms with Crippen molar-refractivity contribution in [2.24, 2.45) is 11.8 Å². The third-order valence-electron chi connectivity index (χ3n) is 4.65. The molecule has 3 atom stereocenters. The molecule has 0 spiro atoms. The second kappa shape index (κ2) is 6.88. The summed E-state index contributed by atoms with van der Waals surface area (Å²) in [5, 5.41) is 12.8. The molecule has 1 saturated heterocycles. The van der Waals surface area contributed by atoms with Crippen molar-refractivity contribution in [3.8, 4) is 0 Å². The fourth-order valence-corrected chi connectivity index (χ4v) is 3.71. The van der Waals surface area contributed by atoms with Gasteiger partial charge in [0.1, 0.15) is 0 Å². The molecule has 1 aliphatic carbocycles. The van der Waals surface area contributed by atoms with Gasteiger partial charge >= 0.3 is 0 Å². The monoisotopic (exact) mass is 254 g/mol. The number of rotatable bonds is 7. The smallest absolute Gasteiger partial charge is 0.0434 e. The van der Waals surface area contributed by atoms with E-state index in [1.54, 1.807) is 0 Å². The van der Waals surface area contributed by atoms with Gasteiger partial charge in [-0.2, -0.15) is 0 Å². The lowest BCUT2D eigenvalue weighted by atomic mass is 9.89. The van der Waals surface area contributed by atoms with Gasteiger partial charge in [0.05, 0.1) is 0 Å². The molecule has 106 valence electrons. The molecule has 0 amide bonds. The van der Waals surface area contributed by atoms with E-state index in [1.165, 1.54) is 38.8 Å². The molecule has 1 aliphatic heterocycles. The van der Waals surface area contributed by atoms with E-state index >= 15 is 0 Å². The maximum Gasteiger partial charge on any atom is 0.0434 e. The first-order chi connectivity index (χ1) is 8.78. The van der Waals surface area contributed by atoms with Gasteiger partial charge in [0.2, 0.25) is 0 Å². The highest BCUT2D eigenvalue weighted by Gasteiger charge is 2.37. The van der Waals surface area contributed by atoms with Gasteiger partial charge in [-0.3, -0.25) is 4.90 Å². The van der Waals surface area contributed by atoms with Crippen LogP contribution in [-0.2, 0) is 0 Å². The quantitative estimate of drug-likeness (QED) is 0.728. The Kier molecular flexibility index (Phi) is 5.46. The molecule has 0 radical (unpaired) electrons. The molecule has 0 aromatic rings. The molecular formula is C15H30N2O. The minimum absolute atomic E-state index is 0.345. The van der Waals surface area contributed by atoms with Crippen LogP contribution in [0.3, 0.4) is 0 Å². The Hall–Kier alpha value is -0.120. The van der Waals surface area contributed by atoms with Crippen LogP contribution in [0.4, 0.5) is 0 Å². The van der Waals surface area contributed by atoms with Gasteiger partial charge in [-0.25, -0.2) is 0 Å². The van der Waals surface area contributed by atoms with Crippen LogP contribution in [0.5, 0.6) is 0 Å². The molecule has 2 fully saturated rings. The van der Waals surface area contributed by atoms with Crippen LogP contribution in [0, 0.1) is 11.8 Å². The molecule has 0 bridgehead atoms. The predicted molar refractivity (Wildman–Crippen MR) is 75.7 cm³/mol. The maximum atomic E-state index is 9.20. The van der Waals surface area contributed by atoms with Crippen LogP contribution in [0.15, 0.2) is 0 Å². The second-order valence-electron chi connectivity index (χ2n) is 6.14. The largest absolute Gasteiger partial charge is 0.396 e. The fourth-order valence-electron chi connectivity index (χ4n) is 3.71. The van der Waals surface area contributed by atoms with Crippen LogP contribution in [-0.4, -0.2) is 48.3 Å². The summed E-state index contributed by atoms with van der Waals surface area (Å²) in [6.45, 7) is 8.35. The summed E-state index contributed by atoms with van der Waals surface area (Å²) in [5.74, 6) is 1.64. The summed E-state index contributed by atoms with van der Waals surface area (Å²) >= 11 is 0. The Morgan fingerprint density at radius 1 is 1.28 bits per heavy atom. The standard InChI is InChI=1S/C15H30N2O/c1-3-15(13-5-6-13)17-10-12(7-8-18)9-14(11-17)16-4-2/h12-16,18H,3-11H2,1-2H3. The van der Waals surface area contributed by atoms with E-state index < -0.39 is 0 Å². The average Bonchev–Trinajstić information content (AvgIpc) is 3.15. The number of aliphatic hydroxyl groups is 1. The molecule has 2 N–H and O–H groups in total. The van der Waals surface area contributed by atoms with Crippen LogP contribution in [0.2, 0.25) is 0 Å². The fraction of sp³-hybridized carbons (Fsp3) is 1.00. The highest BCUT2D eigenvalue weighted by atomic mass is 16.3. The molecule has 1 saturated carbocycles. The van der Waals surface area contributed by atoms with E-state index in [0.717, 1.165) is 24.9 Å². The summed E-state index contributed by atoms with van der Waals surface area (Å²) < 4.78 is 0. The van der Waals surface area contributed by atoms with Crippen molar-refractivity contribution in [2.75, 3.05) is 26.2 Å². The van der Waals surface area contributed by atoms with Gasteiger partial charge < -0.3 is 10.4 Å². The van der Waals surface area contributed by atoms with Crippen molar-refractivity contribution in [2.45, 2.75) is 58.0 Å². The molecule has 2 rings (SSSR count). The summed E-state index contributed by atoms with van der Waals surface area (Å²) in [5.41, 5.74) is 0. The zero-order valence-electron chi connectivity index (χ0n) is 12.1. The molecule has 18 heavy (non-hydrogen) atoms. The van der Waals surface area contributed by atoms with Crippen LogP contribution in [0.1, 0.15) is 46.0 Å². The van der Waals surface area contributed by atoms with Crippen molar-refractivity contribution >= 4 is 0 Å². The Morgan fingerprint density at radius 3 is 2.61 bits per heavy atom. The van der Waals surface area contributed by atoms with Crippen molar-refractivity contribution < 1.29 is 5.11 Å². The van der Waals surface area contributed by atoms with Crippen molar-refractivity contribution in [3.63, 3.8) is 0 Å². The topological polar surface area (TPSA) is 35.5 Å². The molecule has 3 unspecified atom stereocenters. The van der Waals surface area contributed by atoms with Gasteiger partial charge in [-0.15, -0.1) is 0 Å². The summed E-state index contributed by atoms with van der Waals surface area (Å²) in [7, 11) is 0. The number of nitrogens with zero attached hydrogens (tertiary/aromatic N) is 1. The van der Waals surface area contributed by atoms with Gasteiger partial charge in [0.15, 0.2) is 0 Å². The molecule has 3 nitrogen and oxygen atoms in total. The van der Waals surface area contributed by atoms with Crippen molar-refractivity contribution in [3.05, 3.63) is 0 Å². The molecule has 1 heterocycles. The third-order valence-corrected chi connectivity index (χ3v) is 4.65. The highest BCUT2D eigenvalue weighted by molar-refractivity contribution is 4.92. The minimum Gasteiger partial charge on any atom is -0.396 e. The first kappa shape index (κ1) is 14.3. The zero-order chi connectivity index (χ0) is 13.0. The second-order valence-corrected chi connectivity index (χ2v) is 6.14. The first-order valence-corrected chi connectivity index (χ1v) is 7.86. The number of nitrogens with one attached hydrogen (secondary N) is 1. The third kappa shape index (κ3) is 3.69. The number of likely N-dealkylation sites (tertiary alicyclic amines) is 1. The maximum absolute atomic E-state index is 9.20. The van der Waals surface area contributed by atoms with E-state index in [1.807, 2.05) is 0 Å². The molecule has 3 heteroatoms. The minimum atomic E-state index is 0.345. The highest BCUT2D eigenvalue weighted by Crippen LogP contribution is 2.38. The van der Waals surface area contributed by atoms with E-state index in [2.05, 4.69) is 24.1 Å². The molecule has 2 aliphatic rings. The molecular weight excluding hydrogens is 224 g/mol. The lowest BCUT2D eigenvalue weighted by molar-refractivity contribution is 0.0737. The number of piperidine rings is 1. The Balaban J connectivity index is 1.94. The Bertz CT molecular complexity index is 229. The lowest BCUT2D eigenvalue weighted by Gasteiger charge is -2.42. The number of hydrogen-bond donors (Lipinski definition) is 2. The Morgan fingerprint density at radius 2 is 2.06 bits per heavy atom. The average molecular weight is 254 g/mol. The van der Waals surface area contributed by atoms with E-state index in [-0.39, 0.29) is 0 Å². The first-order valence-electron chi connectivity index (χ1n) is 7.86. The van der Waals surface area contributed by atoms with Gasteiger partial charge in [-0.05, 0) is 50.5 Å². The van der Waals surface area contributed by atoms with E-state index in [4.69, 9.17) is 0 Å². The molecule has 0 aromatic carbocycles. The summed E-state index contributed by atoms with van der Waals surface area (Å²) in [6, 6.07) is 1.43.